The van der Waals surface area contributed by atoms with E-state index in [4.69, 9.17) is 5.11 Å². The van der Waals surface area contributed by atoms with Crippen molar-refractivity contribution in [2.45, 2.75) is 58.8 Å². The van der Waals surface area contributed by atoms with Gasteiger partial charge in [0.15, 0.2) is 0 Å². The SMILES string of the molecule is CC(C)(CO)CNC(=O)CCC1CCCCC1. The lowest BCUT2D eigenvalue weighted by Gasteiger charge is -2.23. The van der Waals surface area contributed by atoms with Gasteiger partial charge in [0.2, 0.25) is 5.91 Å². The standard InChI is InChI=1S/C14H27NO2/c1-14(2,11-16)10-15-13(17)9-8-12-6-4-3-5-7-12/h12,16H,3-11H2,1-2H3,(H,15,17). The molecule has 1 saturated carbocycles. The Balaban J connectivity index is 2.12. The van der Waals surface area contributed by atoms with Crippen molar-refractivity contribution < 1.29 is 9.90 Å². The van der Waals surface area contributed by atoms with E-state index < -0.39 is 0 Å². The number of aliphatic hydroxyl groups excluding tert-OH is 1. The first kappa shape index (κ1) is 14.5. The lowest BCUT2D eigenvalue weighted by molar-refractivity contribution is -0.122. The second kappa shape index (κ2) is 7.00. The number of rotatable bonds is 6. The molecule has 3 heteroatoms. The van der Waals surface area contributed by atoms with Gasteiger partial charge in [0.25, 0.3) is 0 Å². The van der Waals surface area contributed by atoms with Crippen LogP contribution in [0.25, 0.3) is 0 Å². The zero-order chi connectivity index (χ0) is 12.7. The fourth-order valence-electron chi connectivity index (χ4n) is 2.29. The summed E-state index contributed by atoms with van der Waals surface area (Å²) in [6, 6.07) is 0. The van der Waals surface area contributed by atoms with Crippen LogP contribution in [-0.2, 0) is 4.79 Å². The molecule has 0 saturated heterocycles. The number of hydrogen-bond acceptors (Lipinski definition) is 2. The molecule has 17 heavy (non-hydrogen) atoms. The minimum atomic E-state index is -0.208. The Morgan fingerprint density at radius 2 is 1.94 bits per heavy atom. The average Bonchev–Trinajstić information content (AvgIpc) is 2.35. The summed E-state index contributed by atoms with van der Waals surface area (Å²) < 4.78 is 0. The quantitative estimate of drug-likeness (QED) is 0.750. The second-order valence-corrected chi connectivity index (χ2v) is 6.14. The minimum Gasteiger partial charge on any atom is -0.396 e. The van der Waals surface area contributed by atoms with Crippen molar-refractivity contribution in [3.63, 3.8) is 0 Å². The number of hydrogen-bond donors (Lipinski definition) is 2. The van der Waals surface area contributed by atoms with Crippen LogP contribution in [0.3, 0.4) is 0 Å². The first-order chi connectivity index (χ1) is 8.03. The van der Waals surface area contributed by atoms with E-state index in [0.29, 0.717) is 13.0 Å². The van der Waals surface area contributed by atoms with Gasteiger partial charge in [-0.15, -0.1) is 0 Å². The molecule has 0 atom stereocenters. The van der Waals surface area contributed by atoms with Crippen LogP contribution < -0.4 is 5.32 Å². The lowest BCUT2D eigenvalue weighted by Crippen LogP contribution is -2.36. The van der Waals surface area contributed by atoms with E-state index in [9.17, 15) is 4.79 Å². The van der Waals surface area contributed by atoms with Crippen LogP contribution in [0.1, 0.15) is 58.8 Å². The Bertz CT molecular complexity index is 232. The molecule has 0 aromatic rings. The van der Waals surface area contributed by atoms with Crippen molar-refractivity contribution in [1.29, 1.82) is 0 Å². The third kappa shape index (κ3) is 6.06. The zero-order valence-electron chi connectivity index (χ0n) is 11.3. The molecular formula is C14H27NO2. The molecule has 0 unspecified atom stereocenters. The van der Waals surface area contributed by atoms with Crippen LogP contribution in [0.15, 0.2) is 0 Å². The molecule has 2 N–H and O–H groups in total. The van der Waals surface area contributed by atoms with Gasteiger partial charge in [-0.3, -0.25) is 4.79 Å². The van der Waals surface area contributed by atoms with Gasteiger partial charge >= 0.3 is 0 Å². The van der Waals surface area contributed by atoms with Crippen LogP contribution in [0, 0.1) is 11.3 Å². The van der Waals surface area contributed by atoms with Crippen molar-refractivity contribution in [3.05, 3.63) is 0 Å². The molecule has 1 aliphatic carbocycles. The lowest BCUT2D eigenvalue weighted by atomic mass is 9.86. The van der Waals surface area contributed by atoms with Crippen molar-refractivity contribution in [2.75, 3.05) is 13.2 Å². The van der Waals surface area contributed by atoms with Crippen LogP contribution in [0.2, 0.25) is 0 Å². The van der Waals surface area contributed by atoms with Crippen LogP contribution in [0.5, 0.6) is 0 Å². The summed E-state index contributed by atoms with van der Waals surface area (Å²) in [7, 11) is 0. The van der Waals surface area contributed by atoms with Gasteiger partial charge < -0.3 is 10.4 Å². The van der Waals surface area contributed by atoms with Gasteiger partial charge in [-0.1, -0.05) is 46.0 Å². The maximum absolute atomic E-state index is 11.7. The summed E-state index contributed by atoms with van der Waals surface area (Å²) >= 11 is 0. The smallest absolute Gasteiger partial charge is 0.220 e. The van der Waals surface area contributed by atoms with Crippen molar-refractivity contribution >= 4 is 5.91 Å². The molecule has 0 aromatic carbocycles. The van der Waals surface area contributed by atoms with Gasteiger partial charge in [-0.05, 0) is 12.3 Å². The van der Waals surface area contributed by atoms with E-state index in [2.05, 4.69) is 5.32 Å². The number of amides is 1. The molecule has 1 aliphatic rings. The van der Waals surface area contributed by atoms with Crippen LogP contribution in [0.4, 0.5) is 0 Å². The fourth-order valence-corrected chi connectivity index (χ4v) is 2.29. The second-order valence-electron chi connectivity index (χ2n) is 6.14. The highest BCUT2D eigenvalue weighted by Gasteiger charge is 2.18. The van der Waals surface area contributed by atoms with Gasteiger partial charge in [-0.25, -0.2) is 0 Å². The number of aliphatic hydroxyl groups is 1. The van der Waals surface area contributed by atoms with Gasteiger partial charge in [0.05, 0.1) is 0 Å². The van der Waals surface area contributed by atoms with E-state index in [1.165, 1.54) is 32.1 Å². The highest BCUT2D eigenvalue weighted by Crippen LogP contribution is 2.27. The monoisotopic (exact) mass is 241 g/mol. The third-order valence-corrected chi connectivity index (χ3v) is 3.70. The minimum absolute atomic E-state index is 0.107. The number of carbonyl (C=O) groups excluding carboxylic acids is 1. The zero-order valence-corrected chi connectivity index (χ0v) is 11.3. The van der Waals surface area contributed by atoms with Gasteiger partial charge in [0.1, 0.15) is 0 Å². The van der Waals surface area contributed by atoms with Gasteiger partial charge in [0, 0.05) is 25.0 Å². The Hall–Kier alpha value is -0.570. The summed E-state index contributed by atoms with van der Waals surface area (Å²) in [5.74, 6) is 0.900. The third-order valence-electron chi connectivity index (χ3n) is 3.70. The Morgan fingerprint density at radius 3 is 2.53 bits per heavy atom. The molecule has 1 amide bonds. The molecule has 0 spiro atoms. The Morgan fingerprint density at radius 1 is 1.29 bits per heavy atom. The van der Waals surface area contributed by atoms with Crippen molar-refractivity contribution in [3.8, 4) is 0 Å². The largest absolute Gasteiger partial charge is 0.396 e. The highest BCUT2D eigenvalue weighted by molar-refractivity contribution is 5.75. The summed E-state index contributed by atoms with van der Waals surface area (Å²) in [4.78, 5) is 11.7. The van der Waals surface area contributed by atoms with E-state index in [0.717, 1.165) is 12.3 Å². The van der Waals surface area contributed by atoms with E-state index in [1.54, 1.807) is 0 Å². The molecule has 0 heterocycles. The van der Waals surface area contributed by atoms with E-state index in [1.807, 2.05) is 13.8 Å². The molecule has 1 fully saturated rings. The van der Waals surface area contributed by atoms with Gasteiger partial charge in [-0.2, -0.15) is 0 Å². The highest BCUT2D eigenvalue weighted by atomic mass is 16.3. The van der Waals surface area contributed by atoms with Crippen LogP contribution in [-0.4, -0.2) is 24.2 Å². The van der Waals surface area contributed by atoms with E-state index >= 15 is 0 Å². The number of carbonyl (C=O) groups is 1. The van der Waals surface area contributed by atoms with E-state index in [-0.39, 0.29) is 17.9 Å². The first-order valence-electron chi connectivity index (χ1n) is 6.91. The summed E-state index contributed by atoms with van der Waals surface area (Å²) in [5.41, 5.74) is -0.208. The predicted molar refractivity (Wildman–Crippen MR) is 69.7 cm³/mol. The molecule has 100 valence electrons. The average molecular weight is 241 g/mol. The maximum atomic E-state index is 11.7. The summed E-state index contributed by atoms with van der Waals surface area (Å²) in [5, 5.41) is 12.0. The van der Waals surface area contributed by atoms with Crippen molar-refractivity contribution in [2.24, 2.45) is 11.3 Å². The maximum Gasteiger partial charge on any atom is 0.220 e. The topological polar surface area (TPSA) is 49.3 Å². The Kier molecular flexibility index (Phi) is 5.96. The van der Waals surface area contributed by atoms with Crippen molar-refractivity contribution in [1.82, 2.24) is 5.32 Å². The summed E-state index contributed by atoms with van der Waals surface area (Å²) in [6.45, 7) is 4.58. The molecule has 0 bridgehead atoms. The Labute approximate surface area is 105 Å². The summed E-state index contributed by atoms with van der Waals surface area (Å²) in [6.07, 6.45) is 8.32. The molecular weight excluding hydrogens is 214 g/mol. The molecule has 1 rings (SSSR count). The molecule has 0 aliphatic heterocycles. The molecule has 0 aromatic heterocycles. The predicted octanol–water partition coefficient (Wildman–Crippen LogP) is 2.48. The molecule has 3 nitrogen and oxygen atoms in total. The molecule has 0 radical (unpaired) electrons. The fraction of sp³-hybridized carbons (Fsp3) is 0.929. The van der Waals surface area contributed by atoms with Crippen LogP contribution >= 0.6 is 0 Å². The number of nitrogens with one attached hydrogen (secondary N) is 1. The first-order valence-corrected chi connectivity index (χ1v) is 6.91. The normalized spacial score (nSPS) is 18.1.